The Morgan fingerprint density at radius 3 is 1.19 bits per heavy atom. The van der Waals surface area contributed by atoms with E-state index in [1.807, 2.05) is 0 Å². The molecule has 0 aromatic rings. The van der Waals surface area contributed by atoms with Gasteiger partial charge in [-0.05, 0) is 19.3 Å². The van der Waals surface area contributed by atoms with Gasteiger partial charge in [0.2, 0.25) is 0 Å². The minimum absolute atomic E-state index is 0.167. The Morgan fingerprint density at radius 2 is 0.812 bits per heavy atom. The summed E-state index contributed by atoms with van der Waals surface area (Å²) in [6.07, 6.45) is 31.3. The highest BCUT2D eigenvalue weighted by atomic mass is 16.5. The molecular formula is C30H58O2. The second kappa shape index (κ2) is 26.5. The van der Waals surface area contributed by atoms with Crippen LogP contribution in [0.15, 0.2) is 12.2 Å². The molecule has 0 aliphatic rings. The second-order valence-electron chi connectivity index (χ2n) is 9.91. The lowest BCUT2D eigenvalue weighted by Crippen LogP contribution is -2.08. The van der Waals surface area contributed by atoms with Crippen LogP contribution in [0.1, 0.15) is 168 Å². The maximum atomic E-state index is 12.0. The summed E-state index contributed by atoms with van der Waals surface area (Å²) in [6.45, 7) is 9.05. The minimum atomic E-state index is -0.167. The summed E-state index contributed by atoms with van der Waals surface area (Å²) in [4.78, 5) is 12.0. The third-order valence-electron chi connectivity index (χ3n) is 6.60. The SMILES string of the molecule is C=C(CCCCCCCCCCCCCCC)C(=O)OCCCCCCCCCCCC. The molecule has 2 nitrogen and oxygen atoms in total. The average Bonchev–Trinajstić information content (AvgIpc) is 2.80. The molecule has 0 aliphatic carbocycles. The number of carbonyl (C=O) groups is 1. The summed E-state index contributed by atoms with van der Waals surface area (Å²) in [5.41, 5.74) is 0.667. The standard InChI is InChI=1S/C30H58O2/c1-4-6-8-10-12-14-16-17-18-19-21-23-25-27-29(3)30(31)32-28-26-24-22-20-15-13-11-9-7-5-2/h3-28H2,1-2H3. The van der Waals surface area contributed by atoms with Crippen LogP contribution >= 0.6 is 0 Å². The van der Waals surface area contributed by atoms with Gasteiger partial charge in [-0.15, -0.1) is 0 Å². The molecular weight excluding hydrogens is 392 g/mol. The number of rotatable bonds is 26. The van der Waals surface area contributed by atoms with E-state index in [0.717, 1.165) is 19.3 Å². The second-order valence-corrected chi connectivity index (χ2v) is 9.91. The minimum Gasteiger partial charge on any atom is -0.462 e. The molecule has 0 unspecified atom stereocenters. The fourth-order valence-electron chi connectivity index (χ4n) is 4.31. The van der Waals surface area contributed by atoms with Crippen molar-refractivity contribution < 1.29 is 9.53 Å². The van der Waals surface area contributed by atoms with E-state index in [-0.39, 0.29) is 5.97 Å². The third-order valence-corrected chi connectivity index (χ3v) is 6.60. The zero-order valence-corrected chi connectivity index (χ0v) is 22.2. The summed E-state index contributed by atoms with van der Waals surface area (Å²) in [7, 11) is 0. The highest BCUT2D eigenvalue weighted by Gasteiger charge is 2.07. The Kier molecular flexibility index (Phi) is 25.8. The quantitative estimate of drug-likeness (QED) is 0.0744. The van der Waals surface area contributed by atoms with E-state index < -0.39 is 0 Å². The molecule has 2 heteroatoms. The largest absolute Gasteiger partial charge is 0.462 e. The van der Waals surface area contributed by atoms with Crippen LogP contribution in [0.4, 0.5) is 0 Å². The fourth-order valence-corrected chi connectivity index (χ4v) is 4.31. The van der Waals surface area contributed by atoms with Gasteiger partial charge in [0.1, 0.15) is 0 Å². The van der Waals surface area contributed by atoms with Crippen LogP contribution in [0.3, 0.4) is 0 Å². The smallest absolute Gasteiger partial charge is 0.333 e. The lowest BCUT2D eigenvalue weighted by atomic mass is 10.0. The summed E-state index contributed by atoms with van der Waals surface area (Å²) in [6, 6.07) is 0. The number of esters is 1. The molecule has 0 amide bonds. The van der Waals surface area contributed by atoms with Crippen molar-refractivity contribution in [2.45, 2.75) is 168 Å². The van der Waals surface area contributed by atoms with Gasteiger partial charge >= 0.3 is 5.97 Å². The topological polar surface area (TPSA) is 26.3 Å². The van der Waals surface area contributed by atoms with Gasteiger partial charge in [0.15, 0.2) is 0 Å². The van der Waals surface area contributed by atoms with Crippen LogP contribution in [0.5, 0.6) is 0 Å². The highest BCUT2D eigenvalue weighted by Crippen LogP contribution is 2.15. The highest BCUT2D eigenvalue weighted by molar-refractivity contribution is 5.87. The van der Waals surface area contributed by atoms with E-state index in [2.05, 4.69) is 20.4 Å². The summed E-state index contributed by atoms with van der Waals surface area (Å²) >= 11 is 0. The molecule has 190 valence electrons. The molecule has 32 heavy (non-hydrogen) atoms. The number of hydrogen-bond donors (Lipinski definition) is 0. The van der Waals surface area contributed by atoms with Crippen molar-refractivity contribution in [3.63, 3.8) is 0 Å². The van der Waals surface area contributed by atoms with Crippen molar-refractivity contribution in [3.05, 3.63) is 12.2 Å². The Bertz CT molecular complexity index is 402. The Balaban J connectivity index is 3.30. The van der Waals surface area contributed by atoms with Crippen LogP contribution in [0.2, 0.25) is 0 Å². The van der Waals surface area contributed by atoms with Crippen molar-refractivity contribution in [1.82, 2.24) is 0 Å². The normalized spacial score (nSPS) is 11.1. The van der Waals surface area contributed by atoms with Crippen molar-refractivity contribution in [3.8, 4) is 0 Å². The van der Waals surface area contributed by atoms with Gasteiger partial charge in [-0.3, -0.25) is 0 Å². The molecule has 0 atom stereocenters. The van der Waals surface area contributed by atoms with E-state index in [1.54, 1.807) is 0 Å². The first-order chi connectivity index (χ1) is 15.7. The molecule has 0 bridgehead atoms. The average molecular weight is 451 g/mol. The Labute approximate surface area is 202 Å². The van der Waals surface area contributed by atoms with Gasteiger partial charge in [0.25, 0.3) is 0 Å². The van der Waals surface area contributed by atoms with Crippen LogP contribution in [-0.4, -0.2) is 12.6 Å². The first-order valence-corrected chi connectivity index (χ1v) is 14.6. The van der Waals surface area contributed by atoms with E-state index in [4.69, 9.17) is 4.74 Å². The summed E-state index contributed by atoms with van der Waals surface area (Å²) in [5.74, 6) is -0.167. The third kappa shape index (κ3) is 23.9. The molecule has 0 radical (unpaired) electrons. The Hall–Kier alpha value is -0.790. The fraction of sp³-hybridized carbons (Fsp3) is 0.900. The molecule has 0 aromatic heterocycles. The number of carbonyl (C=O) groups excluding carboxylic acids is 1. The van der Waals surface area contributed by atoms with Gasteiger partial charge in [-0.25, -0.2) is 4.79 Å². The van der Waals surface area contributed by atoms with Gasteiger partial charge in [0, 0.05) is 5.57 Å². The van der Waals surface area contributed by atoms with Gasteiger partial charge in [-0.1, -0.05) is 155 Å². The van der Waals surface area contributed by atoms with Crippen LogP contribution in [0.25, 0.3) is 0 Å². The first-order valence-electron chi connectivity index (χ1n) is 14.6. The zero-order valence-electron chi connectivity index (χ0n) is 22.2. The number of ether oxygens (including phenoxy) is 1. The van der Waals surface area contributed by atoms with Crippen LogP contribution in [-0.2, 0) is 9.53 Å². The molecule has 0 saturated carbocycles. The zero-order chi connectivity index (χ0) is 23.5. The van der Waals surface area contributed by atoms with E-state index in [0.29, 0.717) is 12.2 Å². The molecule has 0 aliphatic heterocycles. The van der Waals surface area contributed by atoms with E-state index in [9.17, 15) is 4.79 Å². The van der Waals surface area contributed by atoms with E-state index in [1.165, 1.54) is 135 Å². The predicted octanol–water partition coefficient (Wildman–Crippen LogP) is 10.5. The summed E-state index contributed by atoms with van der Waals surface area (Å²) in [5, 5.41) is 0. The molecule has 0 heterocycles. The van der Waals surface area contributed by atoms with E-state index >= 15 is 0 Å². The number of unbranched alkanes of at least 4 members (excludes halogenated alkanes) is 21. The lowest BCUT2D eigenvalue weighted by Gasteiger charge is -2.07. The monoisotopic (exact) mass is 450 g/mol. The maximum absolute atomic E-state index is 12.0. The van der Waals surface area contributed by atoms with Crippen LogP contribution < -0.4 is 0 Å². The molecule has 0 N–H and O–H groups in total. The predicted molar refractivity (Wildman–Crippen MR) is 142 cm³/mol. The summed E-state index contributed by atoms with van der Waals surface area (Å²) < 4.78 is 5.40. The van der Waals surface area contributed by atoms with Gasteiger partial charge in [0.05, 0.1) is 6.61 Å². The van der Waals surface area contributed by atoms with Gasteiger partial charge < -0.3 is 4.74 Å². The van der Waals surface area contributed by atoms with Gasteiger partial charge in [-0.2, -0.15) is 0 Å². The lowest BCUT2D eigenvalue weighted by molar-refractivity contribution is -0.139. The maximum Gasteiger partial charge on any atom is 0.333 e. The molecule has 0 fully saturated rings. The van der Waals surface area contributed by atoms with Crippen molar-refractivity contribution in [2.75, 3.05) is 6.61 Å². The molecule has 0 rings (SSSR count). The van der Waals surface area contributed by atoms with Crippen molar-refractivity contribution in [2.24, 2.45) is 0 Å². The first kappa shape index (κ1) is 31.2. The Morgan fingerprint density at radius 1 is 0.500 bits per heavy atom. The van der Waals surface area contributed by atoms with Crippen LogP contribution in [0, 0.1) is 0 Å². The molecule has 0 saturated heterocycles. The molecule has 0 aromatic carbocycles. The number of hydrogen-bond acceptors (Lipinski definition) is 2. The molecule has 0 spiro atoms. The van der Waals surface area contributed by atoms with Crippen molar-refractivity contribution in [1.29, 1.82) is 0 Å². The van der Waals surface area contributed by atoms with Crippen molar-refractivity contribution >= 4 is 5.97 Å².